The van der Waals surface area contributed by atoms with Crippen molar-refractivity contribution in [2.45, 2.75) is 40.5 Å². The number of hydrogen-bond acceptors (Lipinski definition) is 5. The Bertz CT molecular complexity index is 1260. The molecule has 2 aliphatic rings. The first-order chi connectivity index (χ1) is 17.2. The lowest BCUT2D eigenvalue weighted by atomic mass is 9.95. The van der Waals surface area contributed by atoms with E-state index in [9.17, 15) is 0 Å². The number of anilines is 2. The smallest absolute Gasteiger partial charge is 0.160 e. The van der Waals surface area contributed by atoms with Gasteiger partial charge in [0.1, 0.15) is 5.65 Å². The number of pyridine rings is 2. The summed E-state index contributed by atoms with van der Waals surface area (Å²) in [6.07, 6.45) is 12.8. The summed E-state index contributed by atoms with van der Waals surface area (Å²) in [6.45, 7) is 16.3. The Morgan fingerprint density at radius 3 is 2.40 bits per heavy atom. The van der Waals surface area contributed by atoms with Gasteiger partial charge in [0.25, 0.3) is 0 Å². The first-order valence-corrected chi connectivity index (χ1v) is 13.2. The van der Waals surface area contributed by atoms with Crippen LogP contribution in [0.1, 0.15) is 37.9 Å². The molecule has 7 nitrogen and oxygen atoms in total. The van der Waals surface area contributed by atoms with Crippen LogP contribution in [0.15, 0.2) is 49.2 Å². The van der Waals surface area contributed by atoms with Gasteiger partial charge in [-0.15, -0.1) is 0 Å². The number of aryl methyl sites for hydroxylation is 2. The van der Waals surface area contributed by atoms with Gasteiger partial charge in [-0.25, -0.2) is 9.97 Å². The lowest BCUT2D eigenvalue weighted by molar-refractivity contribution is 0.201. The van der Waals surface area contributed by atoms with Crippen LogP contribution in [-0.2, 0) is 0 Å². The maximum atomic E-state index is 4.66. The predicted octanol–water partition coefficient (Wildman–Crippen LogP) is 4.66. The third-order valence-electron chi connectivity index (χ3n) is 7.59. The molecule has 0 N–H and O–H groups in total. The zero-order valence-electron chi connectivity index (χ0n) is 21.7. The van der Waals surface area contributed by atoms with Gasteiger partial charge >= 0.3 is 0 Å². The van der Waals surface area contributed by atoms with E-state index in [2.05, 4.69) is 77.9 Å². The molecule has 7 heteroatoms. The minimum Gasteiger partial charge on any atom is -0.370 e. The number of fused-ring (bicyclic) bond motifs is 2. The highest BCUT2D eigenvalue weighted by atomic mass is 15.3. The standard InChI is InChI=1S/C26H33N7.C2H6/c1-20-16-25-27-7-11-32(25)19-24(20)30-9-5-22(6-10-30)18-29-12-14-31(15-13-29)23-4-3-8-33-21(2)17-28-26(23)33;1-2/h3-4,7-8,11,16-17,19,22H,5-6,9-10,12-15,18H2,1-2H3;1-2H3. The molecule has 0 saturated carbocycles. The Labute approximate surface area is 209 Å². The molecule has 2 saturated heterocycles. The van der Waals surface area contributed by atoms with Crippen LogP contribution in [0, 0.1) is 19.8 Å². The highest BCUT2D eigenvalue weighted by Crippen LogP contribution is 2.28. The van der Waals surface area contributed by atoms with Crippen molar-refractivity contribution in [1.82, 2.24) is 23.7 Å². The summed E-state index contributed by atoms with van der Waals surface area (Å²) in [5.74, 6) is 0.795. The van der Waals surface area contributed by atoms with Crippen molar-refractivity contribution in [1.29, 1.82) is 0 Å². The summed E-state index contributed by atoms with van der Waals surface area (Å²) in [4.78, 5) is 16.8. The van der Waals surface area contributed by atoms with Gasteiger partial charge in [-0.3, -0.25) is 4.90 Å². The molecule has 0 aliphatic carbocycles. The molecule has 4 aromatic heterocycles. The van der Waals surface area contributed by atoms with E-state index in [-0.39, 0.29) is 0 Å². The van der Waals surface area contributed by atoms with Crippen molar-refractivity contribution in [3.63, 3.8) is 0 Å². The van der Waals surface area contributed by atoms with Crippen molar-refractivity contribution in [3.05, 3.63) is 60.4 Å². The summed E-state index contributed by atoms with van der Waals surface area (Å²) in [6, 6.07) is 6.56. The average Bonchev–Trinajstić information content (AvgIpc) is 3.52. The molecule has 0 amide bonds. The lowest BCUT2D eigenvalue weighted by Gasteiger charge is -2.40. The Hall–Kier alpha value is -3.06. The maximum Gasteiger partial charge on any atom is 0.160 e. The van der Waals surface area contributed by atoms with E-state index in [0.717, 1.165) is 56.5 Å². The highest BCUT2D eigenvalue weighted by Gasteiger charge is 2.25. The first kappa shape index (κ1) is 23.7. The number of imidazole rings is 2. The molecule has 35 heavy (non-hydrogen) atoms. The molecular weight excluding hydrogens is 434 g/mol. The van der Waals surface area contributed by atoms with E-state index in [1.807, 2.05) is 32.4 Å². The molecule has 186 valence electrons. The number of nitrogens with zero attached hydrogens (tertiary/aromatic N) is 7. The van der Waals surface area contributed by atoms with Gasteiger partial charge in [-0.2, -0.15) is 0 Å². The minimum absolute atomic E-state index is 0.795. The number of piperidine rings is 1. The fourth-order valence-electron chi connectivity index (χ4n) is 5.64. The van der Waals surface area contributed by atoms with Crippen LogP contribution in [0.25, 0.3) is 11.3 Å². The average molecular weight is 474 g/mol. The van der Waals surface area contributed by atoms with Crippen molar-refractivity contribution in [2.24, 2.45) is 5.92 Å². The second-order valence-electron chi connectivity index (χ2n) is 9.74. The van der Waals surface area contributed by atoms with Gasteiger partial charge in [0.05, 0.1) is 11.4 Å². The minimum atomic E-state index is 0.795. The number of rotatable bonds is 4. The second kappa shape index (κ2) is 10.3. The molecule has 2 fully saturated rings. The molecule has 0 atom stereocenters. The van der Waals surface area contributed by atoms with Crippen molar-refractivity contribution >= 4 is 22.7 Å². The molecule has 0 radical (unpaired) electrons. The second-order valence-corrected chi connectivity index (χ2v) is 9.74. The number of aromatic nitrogens is 4. The highest BCUT2D eigenvalue weighted by molar-refractivity contribution is 5.69. The Kier molecular flexibility index (Phi) is 6.95. The molecule has 6 heterocycles. The quantitative estimate of drug-likeness (QED) is 0.431. The summed E-state index contributed by atoms with van der Waals surface area (Å²) in [5.41, 5.74) is 7.26. The van der Waals surface area contributed by atoms with E-state index in [1.54, 1.807) is 0 Å². The Balaban J connectivity index is 0.00000124. The van der Waals surface area contributed by atoms with E-state index in [1.165, 1.54) is 42.0 Å². The lowest BCUT2D eigenvalue weighted by Crippen LogP contribution is -2.49. The van der Waals surface area contributed by atoms with E-state index >= 15 is 0 Å². The third kappa shape index (κ3) is 4.74. The van der Waals surface area contributed by atoms with Crippen LogP contribution in [0.3, 0.4) is 0 Å². The van der Waals surface area contributed by atoms with Crippen LogP contribution in [0.5, 0.6) is 0 Å². The fraction of sp³-hybridized carbons (Fsp3) is 0.500. The fourth-order valence-corrected chi connectivity index (χ4v) is 5.64. The van der Waals surface area contributed by atoms with Gasteiger partial charge in [0.15, 0.2) is 5.65 Å². The SMILES string of the molecule is CC.Cc1cc2nccn2cc1N1CCC(CN2CCN(c3cccn4c(C)cnc34)CC2)CC1. The van der Waals surface area contributed by atoms with Crippen molar-refractivity contribution < 1.29 is 0 Å². The van der Waals surface area contributed by atoms with Crippen LogP contribution < -0.4 is 9.80 Å². The van der Waals surface area contributed by atoms with Crippen molar-refractivity contribution in [2.75, 3.05) is 55.6 Å². The van der Waals surface area contributed by atoms with Crippen LogP contribution >= 0.6 is 0 Å². The molecule has 6 rings (SSSR count). The molecular formula is C28H39N7. The van der Waals surface area contributed by atoms with E-state index in [4.69, 9.17) is 0 Å². The van der Waals surface area contributed by atoms with Gasteiger partial charge in [-0.05, 0) is 56.4 Å². The summed E-state index contributed by atoms with van der Waals surface area (Å²) >= 11 is 0. The largest absolute Gasteiger partial charge is 0.370 e. The zero-order chi connectivity index (χ0) is 24.4. The van der Waals surface area contributed by atoms with Crippen LogP contribution in [-0.4, -0.2) is 69.5 Å². The normalized spacial score (nSPS) is 17.7. The van der Waals surface area contributed by atoms with Gasteiger partial charge in [0.2, 0.25) is 0 Å². The molecule has 2 aliphatic heterocycles. The van der Waals surface area contributed by atoms with Gasteiger partial charge in [-0.1, -0.05) is 13.8 Å². The summed E-state index contributed by atoms with van der Waals surface area (Å²) in [5, 5.41) is 0. The van der Waals surface area contributed by atoms with E-state index < -0.39 is 0 Å². The van der Waals surface area contributed by atoms with Crippen LogP contribution in [0.4, 0.5) is 11.4 Å². The van der Waals surface area contributed by atoms with Gasteiger partial charge < -0.3 is 18.6 Å². The molecule has 4 aromatic rings. The summed E-state index contributed by atoms with van der Waals surface area (Å²) in [7, 11) is 0. The topological polar surface area (TPSA) is 44.3 Å². The molecule has 0 unspecified atom stereocenters. The Morgan fingerprint density at radius 2 is 1.63 bits per heavy atom. The first-order valence-electron chi connectivity index (χ1n) is 13.2. The number of hydrogen-bond donors (Lipinski definition) is 0. The number of piperazine rings is 1. The summed E-state index contributed by atoms with van der Waals surface area (Å²) < 4.78 is 4.33. The predicted molar refractivity (Wildman–Crippen MR) is 145 cm³/mol. The third-order valence-corrected chi connectivity index (χ3v) is 7.59. The van der Waals surface area contributed by atoms with E-state index in [0.29, 0.717) is 0 Å². The zero-order valence-corrected chi connectivity index (χ0v) is 21.7. The maximum absolute atomic E-state index is 4.66. The van der Waals surface area contributed by atoms with Crippen molar-refractivity contribution in [3.8, 4) is 0 Å². The van der Waals surface area contributed by atoms with Crippen LogP contribution in [0.2, 0.25) is 0 Å². The molecule has 0 bridgehead atoms. The molecule has 0 spiro atoms. The molecule has 0 aromatic carbocycles. The monoisotopic (exact) mass is 473 g/mol. The Morgan fingerprint density at radius 1 is 0.886 bits per heavy atom. The van der Waals surface area contributed by atoms with Gasteiger partial charge in [0, 0.05) is 82.5 Å².